The fourth-order valence-electron chi connectivity index (χ4n) is 9.94. The van der Waals surface area contributed by atoms with E-state index in [1.165, 1.54) is 12.1 Å². The Morgan fingerprint density at radius 3 is 2.69 bits per heavy atom. The molecular weight excluding hydrogens is 767 g/mol. The normalized spacial score (nSPS) is 25.9. The van der Waals surface area contributed by atoms with E-state index in [9.17, 15) is 5.26 Å². The van der Waals surface area contributed by atoms with Crippen LogP contribution in [-0.4, -0.2) is 73.8 Å². The smallest absolute Gasteiger partial charge is 0.319 e. The second-order valence-electron chi connectivity index (χ2n) is 15.6. The van der Waals surface area contributed by atoms with E-state index in [1.54, 1.807) is 10.7 Å². The summed E-state index contributed by atoms with van der Waals surface area (Å²) in [6.45, 7) is 7.29. The molecule has 1 aliphatic carbocycles. The molecule has 9 rings (SSSR count). The number of aromatic nitrogens is 5. The number of thiophene rings is 1. The number of ether oxygens (including phenoxy) is 2. The van der Waals surface area contributed by atoms with Crippen LogP contribution in [0.1, 0.15) is 76.5 Å². The lowest BCUT2D eigenvalue weighted by Crippen LogP contribution is -2.57. The molecular formula is C39H41Cl2F2N9O2S. The Hall–Kier alpha value is -3.87. The van der Waals surface area contributed by atoms with Crippen LogP contribution in [0.25, 0.3) is 32.1 Å². The maximum atomic E-state index is 17.4. The molecule has 0 amide bonds. The summed E-state index contributed by atoms with van der Waals surface area (Å²) in [6.07, 6.45) is 8.52. The Labute approximate surface area is 331 Å². The summed E-state index contributed by atoms with van der Waals surface area (Å²) in [7, 11) is 0. The number of anilines is 2. The van der Waals surface area contributed by atoms with Crippen molar-refractivity contribution in [3.05, 3.63) is 51.3 Å². The van der Waals surface area contributed by atoms with Gasteiger partial charge in [0, 0.05) is 46.9 Å². The number of halogens is 4. The van der Waals surface area contributed by atoms with Crippen LogP contribution < -0.4 is 15.4 Å². The number of hydrogen-bond donors (Lipinski definition) is 1. The number of likely N-dealkylation sites (tertiary alicyclic amines) is 1. The van der Waals surface area contributed by atoms with E-state index in [4.69, 9.17) is 48.4 Å². The third-order valence-electron chi connectivity index (χ3n) is 12.3. The van der Waals surface area contributed by atoms with Crippen molar-refractivity contribution in [2.75, 3.05) is 30.3 Å². The number of fused-ring (bicyclic) bond motifs is 4. The minimum Gasteiger partial charge on any atom is -0.463 e. The lowest BCUT2D eigenvalue weighted by Gasteiger charge is -2.51. The average molecular weight is 809 g/mol. The van der Waals surface area contributed by atoms with E-state index >= 15 is 8.78 Å². The highest BCUT2D eigenvalue weighted by Gasteiger charge is 2.50. The number of nitrogens with zero attached hydrogens (tertiary/aromatic N) is 8. The van der Waals surface area contributed by atoms with Gasteiger partial charge in [-0.25, -0.2) is 13.5 Å². The molecule has 2 saturated heterocycles. The zero-order valence-corrected chi connectivity index (χ0v) is 33.0. The number of piperidine rings is 1. The van der Waals surface area contributed by atoms with Gasteiger partial charge in [-0.15, -0.1) is 16.4 Å². The van der Waals surface area contributed by atoms with Gasteiger partial charge in [0.15, 0.2) is 11.0 Å². The summed E-state index contributed by atoms with van der Waals surface area (Å²) in [4.78, 5) is 14.5. The number of nitriles is 1. The van der Waals surface area contributed by atoms with Crippen LogP contribution in [0.3, 0.4) is 0 Å². The van der Waals surface area contributed by atoms with Gasteiger partial charge >= 0.3 is 6.01 Å². The molecule has 0 bridgehead atoms. The second-order valence-corrected chi connectivity index (χ2v) is 17.5. The largest absolute Gasteiger partial charge is 0.463 e. The van der Waals surface area contributed by atoms with Crippen molar-refractivity contribution in [1.82, 2.24) is 29.9 Å². The quantitative estimate of drug-likeness (QED) is 0.178. The molecule has 55 heavy (non-hydrogen) atoms. The third-order valence-corrected chi connectivity index (χ3v) is 13.9. The predicted octanol–water partition coefficient (Wildman–Crippen LogP) is 8.52. The lowest BCUT2D eigenvalue weighted by molar-refractivity contribution is -0.0967. The Bertz CT molecular complexity index is 2360. The maximum absolute atomic E-state index is 17.4. The van der Waals surface area contributed by atoms with Crippen molar-refractivity contribution in [2.45, 2.75) is 103 Å². The Morgan fingerprint density at radius 2 is 1.89 bits per heavy atom. The topological polar surface area (TPSA) is 131 Å². The molecule has 4 atom stereocenters. The minimum absolute atomic E-state index is 0.00326. The second kappa shape index (κ2) is 14.3. The number of benzene rings is 2. The van der Waals surface area contributed by atoms with Crippen molar-refractivity contribution in [3.63, 3.8) is 0 Å². The first-order valence-electron chi connectivity index (χ1n) is 19.0. The number of hydrogen-bond acceptors (Lipinski definition) is 11. The molecule has 4 unspecified atom stereocenters. The van der Waals surface area contributed by atoms with E-state index < -0.39 is 11.6 Å². The molecule has 0 radical (unpaired) electrons. The first-order valence-corrected chi connectivity index (χ1v) is 20.6. The molecule has 6 heterocycles. The van der Waals surface area contributed by atoms with E-state index in [-0.39, 0.29) is 66.0 Å². The van der Waals surface area contributed by atoms with E-state index in [1.807, 2.05) is 4.90 Å². The fraction of sp³-hybridized carbons (Fsp3) is 0.513. The van der Waals surface area contributed by atoms with Crippen molar-refractivity contribution in [1.29, 1.82) is 5.26 Å². The third kappa shape index (κ3) is 6.27. The van der Waals surface area contributed by atoms with Crippen molar-refractivity contribution in [3.8, 4) is 23.2 Å². The van der Waals surface area contributed by atoms with Crippen molar-refractivity contribution in [2.24, 2.45) is 5.41 Å². The summed E-state index contributed by atoms with van der Waals surface area (Å²) in [5.74, 6) is -0.855. The average Bonchev–Trinajstić information content (AvgIpc) is 3.80. The molecule has 5 aromatic rings. The van der Waals surface area contributed by atoms with Gasteiger partial charge in [0.2, 0.25) is 0 Å². The van der Waals surface area contributed by atoms with Gasteiger partial charge in [-0.1, -0.05) is 40.9 Å². The monoisotopic (exact) mass is 807 g/mol. The van der Waals surface area contributed by atoms with Gasteiger partial charge in [0.25, 0.3) is 0 Å². The van der Waals surface area contributed by atoms with Crippen molar-refractivity contribution < 1.29 is 18.3 Å². The highest BCUT2D eigenvalue weighted by molar-refractivity contribution is 7.23. The molecule has 1 saturated carbocycles. The van der Waals surface area contributed by atoms with Gasteiger partial charge in [0.05, 0.1) is 46.3 Å². The van der Waals surface area contributed by atoms with Crippen LogP contribution in [0.2, 0.25) is 10.2 Å². The number of nitrogen functional groups attached to an aromatic ring is 1. The number of nitrogens with two attached hydrogens (primary N) is 1. The van der Waals surface area contributed by atoms with Gasteiger partial charge in [-0.05, 0) is 83.0 Å². The Kier molecular flexibility index (Phi) is 9.53. The van der Waals surface area contributed by atoms with E-state index in [0.717, 1.165) is 68.5 Å². The van der Waals surface area contributed by atoms with Crippen LogP contribution in [0.5, 0.6) is 6.01 Å². The molecule has 16 heteroatoms. The van der Waals surface area contributed by atoms with Gasteiger partial charge in [-0.2, -0.15) is 15.2 Å². The van der Waals surface area contributed by atoms with Crippen LogP contribution in [-0.2, 0) is 17.8 Å². The van der Waals surface area contributed by atoms with Crippen LogP contribution in [0.15, 0.2) is 18.2 Å². The summed E-state index contributed by atoms with van der Waals surface area (Å²) in [6, 6.07) is 7.25. The zero-order valence-electron chi connectivity index (χ0n) is 30.6. The van der Waals surface area contributed by atoms with Crippen LogP contribution in [0.4, 0.5) is 19.6 Å². The molecule has 0 spiro atoms. The molecule has 2 N–H and O–H groups in total. The number of rotatable bonds is 6. The fourth-order valence-corrected chi connectivity index (χ4v) is 11.4. The van der Waals surface area contributed by atoms with E-state index in [0.29, 0.717) is 61.1 Å². The Balaban J connectivity index is 1.15. The maximum Gasteiger partial charge on any atom is 0.319 e. The molecule has 3 fully saturated rings. The minimum atomic E-state index is -0.736. The lowest BCUT2D eigenvalue weighted by atomic mass is 9.74. The molecule has 11 nitrogen and oxygen atoms in total. The van der Waals surface area contributed by atoms with Crippen LogP contribution >= 0.6 is 34.5 Å². The van der Waals surface area contributed by atoms with E-state index in [2.05, 4.69) is 35.1 Å². The van der Waals surface area contributed by atoms with Gasteiger partial charge in [-0.3, -0.25) is 4.90 Å². The molecule has 288 valence electrons. The summed E-state index contributed by atoms with van der Waals surface area (Å²) < 4.78 is 47.1. The highest BCUT2D eigenvalue weighted by Crippen LogP contribution is 2.50. The molecule has 3 aliphatic heterocycles. The highest BCUT2D eigenvalue weighted by atomic mass is 35.5. The first-order chi connectivity index (χ1) is 26.5. The Morgan fingerprint density at radius 1 is 1.09 bits per heavy atom. The van der Waals surface area contributed by atoms with Gasteiger partial charge in [0.1, 0.15) is 28.2 Å². The molecule has 4 aliphatic rings. The van der Waals surface area contributed by atoms with Crippen molar-refractivity contribution >= 4 is 66.3 Å². The van der Waals surface area contributed by atoms with Crippen LogP contribution in [0, 0.1) is 28.4 Å². The molecule has 2 aromatic carbocycles. The SMILES string of the molecule is CC1CC(N2CCCC3(COc4nc(N5CCCn6nnc(Cl)c6C5)c5cc(Cl)c(-c6ccc(F)c7sc(N)c(C#N)c67)c(F)c5n4)CCCC23)CC(C)O1. The zero-order chi connectivity index (χ0) is 38.2. The predicted molar refractivity (Wildman–Crippen MR) is 210 cm³/mol. The van der Waals surface area contributed by atoms with Gasteiger partial charge < -0.3 is 20.1 Å². The molecule has 3 aromatic heterocycles. The standard InChI is InChI=1S/C39H41Cl2F2N9O2S/c1-20-14-22(15-21(2)54-20)51-12-4-10-39(9-3-6-29(39)51)19-53-38-46-33-24(37(47-38)50-11-5-13-52-28(18-50)35(41)48-49-52)16-26(40)31(32(33)43)23-7-8-27(42)34-30(23)25(17-44)36(45)55-34/h7-8,16,20-22,29H,3-6,9-15,18-19,45H2,1-2H3. The number of aryl methyl sites for hydroxylation is 1. The summed E-state index contributed by atoms with van der Waals surface area (Å²) in [5, 5.41) is 19.3. The summed E-state index contributed by atoms with van der Waals surface area (Å²) >= 11 is 14.4. The summed E-state index contributed by atoms with van der Waals surface area (Å²) in [5.41, 5.74) is 7.07. The first kappa shape index (κ1) is 36.7.